The van der Waals surface area contributed by atoms with Gasteiger partial charge in [-0.3, -0.25) is 4.90 Å². The minimum absolute atomic E-state index is 0.323. The normalized spacial score (nSPS) is 12.9. The summed E-state index contributed by atoms with van der Waals surface area (Å²) >= 11 is 0. The number of ether oxygens (including phenoxy) is 1. The van der Waals surface area contributed by atoms with Crippen molar-refractivity contribution in [3.05, 3.63) is 35.4 Å². The highest BCUT2D eigenvalue weighted by Gasteiger charge is 2.18. The highest BCUT2D eigenvalue weighted by Crippen LogP contribution is 2.14. The zero-order valence-corrected chi connectivity index (χ0v) is 12.1. The summed E-state index contributed by atoms with van der Waals surface area (Å²) in [6.07, 6.45) is 0. The zero-order valence-electron chi connectivity index (χ0n) is 12.1. The summed E-state index contributed by atoms with van der Waals surface area (Å²) in [6.45, 7) is 5.83. The van der Waals surface area contributed by atoms with Gasteiger partial charge in [-0.1, -0.05) is 26.0 Å². The second-order valence-electron chi connectivity index (χ2n) is 5.18. The van der Waals surface area contributed by atoms with Crippen molar-refractivity contribution >= 4 is 5.97 Å². The highest BCUT2D eigenvalue weighted by atomic mass is 16.5. The maximum Gasteiger partial charge on any atom is 0.335 e. The van der Waals surface area contributed by atoms with E-state index in [0.29, 0.717) is 24.1 Å². The molecule has 0 aromatic heterocycles. The van der Waals surface area contributed by atoms with Gasteiger partial charge in [-0.15, -0.1) is 0 Å². The molecular formula is C15H23NO3. The van der Waals surface area contributed by atoms with Crippen LogP contribution in [0.3, 0.4) is 0 Å². The van der Waals surface area contributed by atoms with Gasteiger partial charge in [-0.25, -0.2) is 4.79 Å². The molecule has 0 fully saturated rings. The van der Waals surface area contributed by atoms with Crippen LogP contribution in [0.25, 0.3) is 0 Å². The fraction of sp³-hybridized carbons (Fsp3) is 0.533. The average Bonchev–Trinajstić information content (AvgIpc) is 2.36. The monoisotopic (exact) mass is 265 g/mol. The third-order valence-corrected chi connectivity index (χ3v) is 3.31. The van der Waals surface area contributed by atoms with E-state index < -0.39 is 5.97 Å². The minimum Gasteiger partial charge on any atom is -0.478 e. The van der Waals surface area contributed by atoms with Gasteiger partial charge in [0.1, 0.15) is 0 Å². The molecule has 1 aromatic carbocycles. The fourth-order valence-electron chi connectivity index (χ4n) is 2.16. The Kier molecular flexibility index (Phi) is 5.99. The molecule has 1 aromatic rings. The van der Waals surface area contributed by atoms with Crippen molar-refractivity contribution in [1.82, 2.24) is 4.90 Å². The van der Waals surface area contributed by atoms with Gasteiger partial charge < -0.3 is 9.84 Å². The van der Waals surface area contributed by atoms with Crippen LogP contribution >= 0.6 is 0 Å². The second-order valence-corrected chi connectivity index (χ2v) is 5.18. The number of hydrogen-bond donors (Lipinski definition) is 1. The van der Waals surface area contributed by atoms with E-state index in [1.165, 1.54) is 0 Å². The molecule has 1 unspecified atom stereocenters. The van der Waals surface area contributed by atoms with Gasteiger partial charge in [0.05, 0.1) is 12.2 Å². The van der Waals surface area contributed by atoms with Crippen molar-refractivity contribution < 1.29 is 14.6 Å². The summed E-state index contributed by atoms with van der Waals surface area (Å²) < 4.78 is 5.26. The SMILES string of the molecule is COCC(C(C)C)N(C)Cc1ccc(C(=O)O)cc1. The van der Waals surface area contributed by atoms with Gasteiger partial charge in [0.2, 0.25) is 0 Å². The Hall–Kier alpha value is -1.39. The predicted molar refractivity (Wildman–Crippen MR) is 75.4 cm³/mol. The topological polar surface area (TPSA) is 49.8 Å². The number of carboxylic acids is 1. The van der Waals surface area contributed by atoms with Crippen LogP contribution < -0.4 is 0 Å². The lowest BCUT2D eigenvalue weighted by Crippen LogP contribution is -2.38. The van der Waals surface area contributed by atoms with Gasteiger partial charge in [0.25, 0.3) is 0 Å². The molecule has 1 N–H and O–H groups in total. The molecule has 0 aliphatic heterocycles. The molecule has 0 bridgehead atoms. The summed E-state index contributed by atoms with van der Waals surface area (Å²) in [5.41, 5.74) is 1.43. The number of carbonyl (C=O) groups is 1. The lowest BCUT2D eigenvalue weighted by Gasteiger charge is -2.30. The van der Waals surface area contributed by atoms with Gasteiger partial charge >= 0.3 is 5.97 Å². The first-order valence-corrected chi connectivity index (χ1v) is 6.47. The Labute approximate surface area is 115 Å². The van der Waals surface area contributed by atoms with Crippen LogP contribution in [0.5, 0.6) is 0 Å². The number of carboxylic acid groups (broad SMARTS) is 1. The number of benzene rings is 1. The van der Waals surface area contributed by atoms with Gasteiger partial charge in [-0.05, 0) is 30.7 Å². The lowest BCUT2D eigenvalue weighted by molar-refractivity contribution is 0.0697. The predicted octanol–water partition coefficient (Wildman–Crippen LogP) is 2.49. The molecular weight excluding hydrogens is 242 g/mol. The first kappa shape index (κ1) is 15.7. The van der Waals surface area contributed by atoms with Crippen LogP contribution in [0.1, 0.15) is 29.8 Å². The van der Waals surface area contributed by atoms with E-state index in [2.05, 4.69) is 25.8 Å². The van der Waals surface area contributed by atoms with Crippen LogP contribution in [-0.4, -0.2) is 42.8 Å². The largest absolute Gasteiger partial charge is 0.478 e. The number of rotatable bonds is 7. The molecule has 4 heteroatoms. The molecule has 0 spiro atoms. The molecule has 1 atom stereocenters. The summed E-state index contributed by atoms with van der Waals surface area (Å²) in [5, 5.41) is 8.86. The number of likely N-dealkylation sites (N-methyl/N-ethyl adjacent to an activating group) is 1. The van der Waals surface area contributed by atoms with Crippen molar-refractivity contribution in [2.75, 3.05) is 20.8 Å². The van der Waals surface area contributed by atoms with Crippen molar-refractivity contribution in [2.45, 2.75) is 26.4 Å². The van der Waals surface area contributed by atoms with Crippen molar-refractivity contribution in [1.29, 1.82) is 0 Å². The Balaban J connectivity index is 2.69. The van der Waals surface area contributed by atoms with Crippen molar-refractivity contribution in [2.24, 2.45) is 5.92 Å². The van der Waals surface area contributed by atoms with E-state index in [4.69, 9.17) is 9.84 Å². The van der Waals surface area contributed by atoms with E-state index in [9.17, 15) is 4.79 Å². The maximum absolute atomic E-state index is 10.8. The van der Waals surface area contributed by atoms with Crippen LogP contribution in [-0.2, 0) is 11.3 Å². The van der Waals surface area contributed by atoms with Crippen molar-refractivity contribution in [3.8, 4) is 0 Å². The zero-order chi connectivity index (χ0) is 14.4. The van der Waals surface area contributed by atoms with Crippen LogP contribution in [0.15, 0.2) is 24.3 Å². The van der Waals surface area contributed by atoms with E-state index in [1.54, 1.807) is 19.2 Å². The van der Waals surface area contributed by atoms with E-state index in [1.807, 2.05) is 12.1 Å². The summed E-state index contributed by atoms with van der Waals surface area (Å²) in [5.74, 6) is -0.386. The Bertz CT molecular complexity index is 400. The molecule has 0 saturated heterocycles. The molecule has 0 aliphatic carbocycles. The smallest absolute Gasteiger partial charge is 0.335 e. The average molecular weight is 265 g/mol. The van der Waals surface area contributed by atoms with Crippen LogP contribution in [0.4, 0.5) is 0 Å². The Morgan fingerprint density at radius 2 is 1.89 bits per heavy atom. The van der Waals surface area contributed by atoms with E-state index in [-0.39, 0.29) is 0 Å². The molecule has 4 nitrogen and oxygen atoms in total. The van der Waals surface area contributed by atoms with Crippen LogP contribution in [0.2, 0.25) is 0 Å². The van der Waals surface area contributed by atoms with Gasteiger partial charge in [0.15, 0.2) is 0 Å². The lowest BCUT2D eigenvalue weighted by atomic mass is 10.0. The van der Waals surface area contributed by atoms with Gasteiger partial charge in [-0.2, -0.15) is 0 Å². The minimum atomic E-state index is -0.889. The molecule has 1 rings (SSSR count). The molecule has 0 heterocycles. The fourth-order valence-corrected chi connectivity index (χ4v) is 2.16. The van der Waals surface area contributed by atoms with Crippen molar-refractivity contribution in [3.63, 3.8) is 0 Å². The quantitative estimate of drug-likeness (QED) is 0.823. The summed E-state index contributed by atoms with van der Waals surface area (Å²) in [6, 6.07) is 7.37. The summed E-state index contributed by atoms with van der Waals surface area (Å²) in [7, 11) is 3.78. The van der Waals surface area contributed by atoms with E-state index in [0.717, 1.165) is 12.1 Å². The highest BCUT2D eigenvalue weighted by molar-refractivity contribution is 5.87. The first-order chi connectivity index (χ1) is 8.95. The third-order valence-electron chi connectivity index (χ3n) is 3.31. The summed E-state index contributed by atoms with van der Waals surface area (Å²) in [4.78, 5) is 13.0. The molecule has 106 valence electrons. The van der Waals surface area contributed by atoms with Crippen LogP contribution in [0, 0.1) is 5.92 Å². The maximum atomic E-state index is 10.8. The number of hydrogen-bond acceptors (Lipinski definition) is 3. The molecule has 0 aliphatic rings. The standard InChI is InChI=1S/C15H23NO3/c1-11(2)14(10-19-4)16(3)9-12-5-7-13(8-6-12)15(17)18/h5-8,11,14H,9-10H2,1-4H3,(H,17,18). The third kappa shape index (κ3) is 4.65. The first-order valence-electron chi connectivity index (χ1n) is 6.47. The number of methoxy groups -OCH3 is 1. The van der Waals surface area contributed by atoms with E-state index >= 15 is 0 Å². The molecule has 0 radical (unpaired) electrons. The second kappa shape index (κ2) is 7.26. The molecule has 0 amide bonds. The number of nitrogens with zero attached hydrogens (tertiary/aromatic N) is 1. The molecule has 19 heavy (non-hydrogen) atoms. The number of aromatic carboxylic acids is 1. The molecule has 0 saturated carbocycles. The Morgan fingerprint density at radius 3 is 2.32 bits per heavy atom. The Morgan fingerprint density at radius 1 is 1.32 bits per heavy atom. The van der Waals surface area contributed by atoms with Gasteiger partial charge in [0, 0.05) is 19.7 Å².